The van der Waals surface area contributed by atoms with E-state index < -0.39 is 5.69 Å². The second-order valence-electron chi connectivity index (χ2n) is 8.29. The zero-order valence-electron chi connectivity index (χ0n) is 18.5. The van der Waals surface area contributed by atoms with Gasteiger partial charge in [0.2, 0.25) is 5.82 Å². The number of aryl methyl sites for hydroxylation is 3. The van der Waals surface area contributed by atoms with E-state index >= 15 is 0 Å². The zero-order chi connectivity index (χ0) is 23.1. The number of rotatable bonds is 4. The van der Waals surface area contributed by atoms with Crippen LogP contribution in [-0.2, 0) is 6.54 Å². The number of aromatic amines is 1. The standard InChI is InChI=1S/C26H22N4O3/c1-15-4-7-18(8-5-15)14-30-25(31)21-11-10-20(13-22(21)27-26(30)32)24-28-23(29-33-24)19-9-6-16(2)17(3)12-19/h4-13H,14H2,1-3H3,(H,27,32). The molecule has 33 heavy (non-hydrogen) atoms. The van der Waals surface area contributed by atoms with Gasteiger partial charge in [0.25, 0.3) is 11.4 Å². The maximum Gasteiger partial charge on any atom is 0.329 e. The molecule has 0 aliphatic carbocycles. The Morgan fingerprint density at radius 2 is 1.64 bits per heavy atom. The van der Waals surface area contributed by atoms with E-state index in [1.165, 1.54) is 10.1 Å². The number of aromatic nitrogens is 4. The maximum atomic E-state index is 13.0. The lowest BCUT2D eigenvalue weighted by atomic mass is 10.1. The Kier molecular flexibility index (Phi) is 5.01. The number of hydrogen-bond donors (Lipinski definition) is 1. The highest BCUT2D eigenvalue weighted by molar-refractivity contribution is 5.82. The summed E-state index contributed by atoms with van der Waals surface area (Å²) in [4.78, 5) is 33.0. The highest BCUT2D eigenvalue weighted by Gasteiger charge is 2.14. The number of nitrogens with zero attached hydrogens (tertiary/aromatic N) is 3. The van der Waals surface area contributed by atoms with E-state index in [1.54, 1.807) is 18.2 Å². The summed E-state index contributed by atoms with van der Waals surface area (Å²) in [6.45, 7) is 6.27. The van der Waals surface area contributed by atoms with Gasteiger partial charge in [-0.05, 0) is 61.7 Å². The first-order chi connectivity index (χ1) is 15.9. The third-order valence-electron chi connectivity index (χ3n) is 5.88. The van der Waals surface area contributed by atoms with Crippen LogP contribution in [0.15, 0.2) is 74.8 Å². The summed E-state index contributed by atoms with van der Waals surface area (Å²) in [6.07, 6.45) is 0. The minimum absolute atomic E-state index is 0.203. The van der Waals surface area contributed by atoms with Gasteiger partial charge in [-0.15, -0.1) is 0 Å². The van der Waals surface area contributed by atoms with Gasteiger partial charge in [0, 0.05) is 11.1 Å². The molecule has 5 aromatic rings. The highest BCUT2D eigenvalue weighted by atomic mass is 16.5. The predicted octanol–water partition coefficient (Wildman–Crippen LogP) is 4.38. The number of nitrogens with one attached hydrogen (secondary N) is 1. The summed E-state index contributed by atoms with van der Waals surface area (Å²) in [5.74, 6) is 0.796. The molecule has 0 saturated carbocycles. The van der Waals surface area contributed by atoms with Crippen LogP contribution in [0.1, 0.15) is 22.3 Å². The van der Waals surface area contributed by atoms with E-state index in [4.69, 9.17) is 4.52 Å². The van der Waals surface area contributed by atoms with Gasteiger partial charge in [-0.2, -0.15) is 4.98 Å². The molecule has 0 spiro atoms. The molecular formula is C26H22N4O3. The van der Waals surface area contributed by atoms with E-state index in [-0.39, 0.29) is 12.1 Å². The van der Waals surface area contributed by atoms with Gasteiger partial charge in [0.1, 0.15) is 0 Å². The fourth-order valence-electron chi connectivity index (χ4n) is 3.75. The normalized spacial score (nSPS) is 11.2. The molecule has 7 heteroatoms. The van der Waals surface area contributed by atoms with Gasteiger partial charge in [-0.25, -0.2) is 4.79 Å². The van der Waals surface area contributed by atoms with Crippen molar-refractivity contribution in [2.24, 2.45) is 0 Å². The van der Waals surface area contributed by atoms with Gasteiger partial charge in [0.05, 0.1) is 17.4 Å². The molecule has 2 heterocycles. The number of H-pyrrole nitrogens is 1. The van der Waals surface area contributed by atoms with Crippen LogP contribution in [0.2, 0.25) is 0 Å². The van der Waals surface area contributed by atoms with E-state index in [2.05, 4.69) is 15.1 Å². The second kappa shape index (κ2) is 8.02. The second-order valence-corrected chi connectivity index (χ2v) is 8.29. The van der Waals surface area contributed by atoms with Gasteiger partial charge in [-0.3, -0.25) is 9.36 Å². The van der Waals surface area contributed by atoms with Crippen LogP contribution >= 0.6 is 0 Å². The van der Waals surface area contributed by atoms with Crippen LogP contribution in [0.5, 0.6) is 0 Å². The monoisotopic (exact) mass is 438 g/mol. The maximum absolute atomic E-state index is 13.0. The Hall–Kier alpha value is -4.26. The molecule has 0 saturated heterocycles. The first kappa shape index (κ1) is 20.6. The lowest BCUT2D eigenvalue weighted by Gasteiger charge is -2.07. The predicted molar refractivity (Wildman–Crippen MR) is 127 cm³/mol. The molecule has 1 N–H and O–H groups in total. The van der Waals surface area contributed by atoms with Crippen molar-refractivity contribution in [2.75, 3.05) is 0 Å². The van der Waals surface area contributed by atoms with Crippen LogP contribution < -0.4 is 11.2 Å². The third kappa shape index (κ3) is 3.89. The summed E-state index contributed by atoms with van der Waals surface area (Å²) < 4.78 is 6.67. The van der Waals surface area contributed by atoms with Crippen molar-refractivity contribution in [3.05, 3.63) is 104 Å². The van der Waals surface area contributed by atoms with Gasteiger partial charge in [0.15, 0.2) is 0 Å². The Bertz CT molecular complexity index is 1610. The number of hydrogen-bond acceptors (Lipinski definition) is 5. The molecule has 0 atom stereocenters. The van der Waals surface area contributed by atoms with E-state index in [0.29, 0.717) is 28.2 Å². The van der Waals surface area contributed by atoms with Gasteiger partial charge >= 0.3 is 5.69 Å². The highest BCUT2D eigenvalue weighted by Crippen LogP contribution is 2.25. The molecule has 0 aliphatic heterocycles. The lowest BCUT2D eigenvalue weighted by Crippen LogP contribution is -2.35. The van der Waals surface area contributed by atoms with Gasteiger partial charge < -0.3 is 9.51 Å². The summed E-state index contributed by atoms with van der Waals surface area (Å²) in [5.41, 5.74) is 5.43. The van der Waals surface area contributed by atoms with Crippen LogP contribution in [-0.4, -0.2) is 19.7 Å². The largest absolute Gasteiger partial charge is 0.334 e. The molecule has 2 aromatic heterocycles. The molecular weight excluding hydrogens is 416 g/mol. The summed E-state index contributed by atoms with van der Waals surface area (Å²) in [6, 6.07) is 18.8. The SMILES string of the molecule is Cc1ccc(Cn2c(=O)[nH]c3cc(-c4nc(-c5ccc(C)c(C)c5)no4)ccc3c2=O)cc1. The molecule has 5 rings (SSSR count). The molecule has 3 aromatic carbocycles. The quantitative estimate of drug-likeness (QED) is 0.449. The van der Waals surface area contributed by atoms with Crippen molar-refractivity contribution in [1.29, 1.82) is 0 Å². The molecule has 0 bridgehead atoms. The smallest absolute Gasteiger partial charge is 0.329 e. The third-order valence-corrected chi connectivity index (χ3v) is 5.88. The van der Waals surface area contributed by atoms with E-state index in [1.807, 2.05) is 63.2 Å². The average Bonchev–Trinajstić information content (AvgIpc) is 3.30. The molecule has 0 aliphatic rings. The van der Waals surface area contributed by atoms with Crippen molar-refractivity contribution in [1.82, 2.24) is 19.7 Å². The fourth-order valence-corrected chi connectivity index (χ4v) is 3.75. The summed E-state index contributed by atoms with van der Waals surface area (Å²) >= 11 is 0. The van der Waals surface area contributed by atoms with Crippen molar-refractivity contribution < 1.29 is 4.52 Å². The van der Waals surface area contributed by atoms with Crippen LogP contribution in [0.4, 0.5) is 0 Å². The molecule has 164 valence electrons. The van der Waals surface area contributed by atoms with Crippen LogP contribution in [0.3, 0.4) is 0 Å². The Morgan fingerprint density at radius 1 is 0.879 bits per heavy atom. The minimum atomic E-state index is -0.466. The van der Waals surface area contributed by atoms with Crippen molar-refractivity contribution in [2.45, 2.75) is 27.3 Å². The Labute approximate surface area is 189 Å². The van der Waals surface area contributed by atoms with Gasteiger partial charge in [-0.1, -0.05) is 47.1 Å². The molecule has 0 unspecified atom stereocenters. The molecule has 7 nitrogen and oxygen atoms in total. The summed E-state index contributed by atoms with van der Waals surface area (Å²) in [5, 5.41) is 4.51. The Balaban J connectivity index is 1.51. The van der Waals surface area contributed by atoms with E-state index in [9.17, 15) is 9.59 Å². The first-order valence-corrected chi connectivity index (χ1v) is 10.6. The average molecular weight is 438 g/mol. The van der Waals surface area contributed by atoms with Crippen molar-refractivity contribution >= 4 is 10.9 Å². The Morgan fingerprint density at radius 3 is 2.39 bits per heavy atom. The molecule has 0 radical (unpaired) electrons. The van der Waals surface area contributed by atoms with E-state index in [0.717, 1.165) is 22.3 Å². The minimum Gasteiger partial charge on any atom is -0.334 e. The lowest BCUT2D eigenvalue weighted by molar-refractivity contribution is 0.432. The summed E-state index contributed by atoms with van der Waals surface area (Å²) in [7, 11) is 0. The topological polar surface area (TPSA) is 93.8 Å². The number of fused-ring (bicyclic) bond motifs is 1. The zero-order valence-corrected chi connectivity index (χ0v) is 18.5. The van der Waals surface area contributed by atoms with Crippen molar-refractivity contribution in [3.63, 3.8) is 0 Å². The van der Waals surface area contributed by atoms with Crippen molar-refractivity contribution in [3.8, 4) is 22.8 Å². The number of benzene rings is 3. The van der Waals surface area contributed by atoms with Crippen LogP contribution in [0, 0.1) is 20.8 Å². The van der Waals surface area contributed by atoms with Crippen LogP contribution in [0.25, 0.3) is 33.7 Å². The fraction of sp³-hybridized carbons (Fsp3) is 0.154. The first-order valence-electron chi connectivity index (χ1n) is 10.6. The molecule has 0 fully saturated rings. The molecule has 0 amide bonds.